The summed E-state index contributed by atoms with van der Waals surface area (Å²) in [5.74, 6) is 0.685. The molecule has 0 atom stereocenters. The van der Waals surface area contributed by atoms with E-state index in [9.17, 15) is 0 Å². The molecule has 0 aliphatic carbocycles. The Hall–Kier alpha value is -1.50. The molecule has 0 aliphatic rings. The van der Waals surface area contributed by atoms with Crippen LogP contribution in [0.15, 0.2) is 43.1 Å². The van der Waals surface area contributed by atoms with Crippen LogP contribution in [-0.4, -0.2) is 7.05 Å². The summed E-state index contributed by atoms with van der Waals surface area (Å²) in [6.07, 6.45) is 6.26. The van der Waals surface area contributed by atoms with Crippen LogP contribution >= 0.6 is 0 Å². The number of nitrogens with one attached hydrogen (secondary N) is 1. The van der Waals surface area contributed by atoms with Gasteiger partial charge in [-0.3, -0.25) is 0 Å². The van der Waals surface area contributed by atoms with Crippen LogP contribution in [0, 0.1) is 0 Å². The summed E-state index contributed by atoms with van der Waals surface area (Å²) in [5.41, 5.74) is 3.78. The zero-order chi connectivity index (χ0) is 12.7. The van der Waals surface area contributed by atoms with Gasteiger partial charge < -0.3 is 5.32 Å². The number of hydrogen-bond donors (Lipinski definition) is 1. The van der Waals surface area contributed by atoms with E-state index in [4.69, 9.17) is 0 Å². The average Bonchev–Trinajstić information content (AvgIpc) is 2.38. The Morgan fingerprint density at radius 1 is 1.24 bits per heavy atom. The smallest absolute Gasteiger partial charge is 0.00410 e. The number of hydrogen-bond acceptors (Lipinski definition) is 1. The van der Waals surface area contributed by atoms with Gasteiger partial charge in [0.25, 0.3) is 0 Å². The second kappa shape index (κ2) is 6.95. The van der Waals surface area contributed by atoms with Crippen molar-refractivity contribution in [2.24, 2.45) is 0 Å². The van der Waals surface area contributed by atoms with E-state index in [0.717, 1.165) is 5.57 Å². The van der Waals surface area contributed by atoms with Gasteiger partial charge in [-0.15, -0.1) is 0 Å². The zero-order valence-electron chi connectivity index (χ0n) is 11.2. The van der Waals surface area contributed by atoms with E-state index >= 15 is 0 Å². The first-order chi connectivity index (χ1) is 8.26. The summed E-state index contributed by atoms with van der Waals surface area (Å²) in [6, 6.07) is 8.83. The quantitative estimate of drug-likeness (QED) is 0.716. The Morgan fingerprint density at radius 3 is 2.24 bits per heavy atom. The van der Waals surface area contributed by atoms with Gasteiger partial charge in [-0.05, 0) is 35.5 Å². The molecular weight excluding hydrogens is 206 g/mol. The first kappa shape index (κ1) is 13.6. The zero-order valence-corrected chi connectivity index (χ0v) is 11.2. The lowest BCUT2D eigenvalue weighted by Crippen LogP contribution is -1.97. The minimum Gasteiger partial charge on any atom is -0.393 e. The Balaban J connectivity index is 2.94. The van der Waals surface area contributed by atoms with Crippen molar-refractivity contribution in [2.75, 3.05) is 7.05 Å². The molecule has 0 unspecified atom stereocenters. The maximum absolute atomic E-state index is 3.84. The van der Waals surface area contributed by atoms with Crippen LogP contribution in [0.5, 0.6) is 0 Å². The fourth-order valence-electron chi connectivity index (χ4n) is 2.12. The molecule has 92 valence electrons. The molecule has 1 aromatic carbocycles. The van der Waals surface area contributed by atoms with E-state index < -0.39 is 0 Å². The van der Waals surface area contributed by atoms with Crippen molar-refractivity contribution in [3.63, 3.8) is 0 Å². The van der Waals surface area contributed by atoms with Crippen LogP contribution in [0.3, 0.4) is 0 Å². The highest BCUT2D eigenvalue weighted by atomic mass is 14.8. The third-order valence-corrected chi connectivity index (χ3v) is 3.22. The van der Waals surface area contributed by atoms with Gasteiger partial charge in [0.15, 0.2) is 0 Å². The van der Waals surface area contributed by atoms with Crippen molar-refractivity contribution in [2.45, 2.75) is 32.6 Å². The Morgan fingerprint density at radius 2 is 1.82 bits per heavy atom. The fourth-order valence-corrected chi connectivity index (χ4v) is 2.12. The maximum atomic E-state index is 3.84. The Labute approximate surface area is 105 Å². The van der Waals surface area contributed by atoms with Gasteiger partial charge in [0, 0.05) is 13.2 Å². The highest BCUT2D eigenvalue weighted by molar-refractivity contribution is 5.73. The number of allylic oxidation sites excluding steroid dienone is 2. The lowest BCUT2D eigenvalue weighted by molar-refractivity contribution is 0.642. The topological polar surface area (TPSA) is 12.0 Å². The molecule has 1 heteroatoms. The molecule has 0 fully saturated rings. The summed E-state index contributed by atoms with van der Waals surface area (Å²) < 4.78 is 0. The molecule has 0 aliphatic heterocycles. The van der Waals surface area contributed by atoms with Crippen molar-refractivity contribution in [3.05, 3.63) is 54.2 Å². The molecule has 0 radical (unpaired) electrons. The van der Waals surface area contributed by atoms with Crippen molar-refractivity contribution in [1.29, 1.82) is 0 Å². The van der Waals surface area contributed by atoms with Gasteiger partial charge in [-0.2, -0.15) is 0 Å². The molecule has 1 N–H and O–H groups in total. The molecule has 0 bridgehead atoms. The molecule has 0 spiro atoms. The molecule has 1 aromatic rings. The SMILES string of the molecule is C=C/C(=C\NC)c1ccc(C(CC)CC)cc1. The first-order valence-electron chi connectivity index (χ1n) is 6.37. The second-order valence-corrected chi connectivity index (χ2v) is 4.23. The van der Waals surface area contributed by atoms with Crippen LogP contribution in [-0.2, 0) is 0 Å². The summed E-state index contributed by atoms with van der Waals surface area (Å²) in [6.45, 7) is 8.33. The minimum atomic E-state index is 0.685. The second-order valence-electron chi connectivity index (χ2n) is 4.23. The predicted octanol–water partition coefficient (Wildman–Crippen LogP) is 4.34. The van der Waals surface area contributed by atoms with Crippen LogP contribution in [0.25, 0.3) is 5.57 Å². The number of benzene rings is 1. The molecule has 17 heavy (non-hydrogen) atoms. The van der Waals surface area contributed by atoms with Gasteiger partial charge in [0.2, 0.25) is 0 Å². The molecule has 1 nitrogen and oxygen atoms in total. The number of rotatable bonds is 6. The Bertz CT molecular complexity index is 369. The normalized spacial score (nSPS) is 11.6. The molecule has 0 heterocycles. The van der Waals surface area contributed by atoms with Crippen molar-refractivity contribution < 1.29 is 0 Å². The standard InChI is InChI=1S/C16H23N/c1-5-13(6-2)15-8-10-16(11-9-15)14(7-3)12-17-4/h7-13,17H,3,5-6H2,1-2,4H3/b14-12+. The summed E-state index contributed by atoms with van der Waals surface area (Å²) in [7, 11) is 1.90. The summed E-state index contributed by atoms with van der Waals surface area (Å²) in [4.78, 5) is 0. The van der Waals surface area contributed by atoms with E-state index in [1.165, 1.54) is 24.0 Å². The lowest BCUT2D eigenvalue weighted by Gasteiger charge is -2.13. The van der Waals surface area contributed by atoms with Crippen molar-refractivity contribution >= 4 is 5.57 Å². The van der Waals surface area contributed by atoms with E-state index in [-0.39, 0.29) is 0 Å². The maximum Gasteiger partial charge on any atom is 0.00410 e. The molecule has 0 aromatic heterocycles. The summed E-state index contributed by atoms with van der Waals surface area (Å²) >= 11 is 0. The largest absolute Gasteiger partial charge is 0.393 e. The molecule has 0 amide bonds. The fraction of sp³-hybridized carbons (Fsp3) is 0.375. The van der Waals surface area contributed by atoms with Crippen LogP contribution in [0.4, 0.5) is 0 Å². The first-order valence-corrected chi connectivity index (χ1v) is 6.37. The van der Waals surface area contributed by atoms with Crippen molar-refractivity contribution in [1.82, 2.24) is 5.32 Å². The predicted molar refractivity (Wildman–Crippen MR) is 77.0 cm³/mol. The van der Waals surface area contributed by atoms with Crippen LogP contribution in [0.1, 0.15) is 43.7 Å². The van der Waals surface area contributed by atoms with E-state index in [0.29, 0.717) is 5.92 Å². The summed E-state index contributed by atoms with van der Waals surface area (Å²) in [5, 5.41) is 3.04. The average molecular weight is 229 g/mol. The van der Waals surface area contributed by atoms with Gasteiger partial charge in [0.1, 0.15) is 0 Å². The Kier molecular flexibility index (Phi) is 5.55. The highest BCUT2D eigenvalue weighted by Gasteiger charge is 2.06. The van der Waals surface area contributed by atoms with E-state index in [2.05, 4.69) is 50.0 Å². The third kappa shape index (κ3) is 3.48. The molecule has 1 rings (SSSR count). The molecule has 0 saturated carbocycles. The van der Waals surface area contributed by atoms with Crippen LogP contribution < -0.4 is 5.32 Å². The highest BCUT2D eigenvalue weighted by Crippen LogP contribution is 2.24. The van der Waals surface area contributed by atoms with Gasteiger partial charge in [-0.1, -0.05) is 50.8 Å². The van der Waals surface area contributed by atoms with E-state index in [1.54, 1.807) is 0 Å². The monoisotopic (exact) mass is 229 g/mol. The van der Waals surface area contributed by atoms with Crippen LogP contribution in [0.2, 0.25) is 0 Å². The van der Waals surface area contributed by atoms with Crippen molar-refractivity contribution in [3.8, 4) is 0 Å². The minimum absolute atomic E-state index is 0.685. The van der Waals surface area contributed by atoms with Gasteiger partial charge >= 0.3 is 0 Å². The lowest BCUT2D eigenvalue weighted by atomic mass is 9.92. The molecule has 0 saturated heterocycles. The van der Waals surface area contributed by atoms with Gasteiger partial charge in [-0.25, -0.2) is 0 Å². The van der Waals surface area contributed by atoms with E-state index in [1.807, 2.05) is 19.3 Å². The third-order valence-electron chi connectivity index (χ3n) is 3.22. The van der Waals surface area contributed by atoms with Gasteiger partial charge in [0.05, 0.1) is 0 Å². The molecular formula is C16H23N.